The smallest absolute Gasteiger partial charge is 0.130 e. The van der Waals surface area contributed by atoms with Crippen LogP contribution in [0.2, 0.25) is 0 Å². The fourth-order valence-electron chi connectivity index (χ4n) is 3.07. The number of hydrogen-bond donors (Lipinski definition) is 2. The predicted molar refractivity (Wildman–Crippen MR) is 90.1 cm³/mol. The van der Waals surface area contributed by atoms with Crippen molar-refractivity contribution in [2.24, 2.45) is 5.92 Å². The number of pyridine rings is 1. The van der Waals surface area contributed by atoms with Gasteiger partial charge in [-0.2, -0.15) is 0 Å². The van der Waals surface area contributed by atoms with Crippen LogP contribution < -0.4 is 10.1 Å². The van der Waals surface area contributed by atoms with Gasteiger partial charge in [-0.05, 0) is 37.0 Å². The van der Waals surface area contributed by atoms with Crippen molar-refractivity contribution in [3.8, 4) is 5.75 Å². The van der Waals surface area contributed by atoms with Crippen molar-refractivity contribution in [1.29, 1.82) is 0 Å². The molecule has 2 N–H and O–H groups in total. The minimum absolute atomic E-state index is 0.141. The van der Waals surface area contributed by atoms with Crippen LogP contribution in [-0.2, 0) is 13.2 Å². The summed E-state index contributed by atoms with van der Waals surface area (Å²) >= 11 is 0. The van der Waals surface area contributed by atoms with Gasteiger partial charge in [-0.15, -0.1) is 0 Å². The molecule has 0 amide bonds. The summed E-state index contributed by atoms with van der Waals surface area (Å²) in [7, 11) is 0. The highest BCUT2D eigenvalue weighted by atomic mass is 16.5. The number of ether oxygens (including phenoxy) is 1. The zero-order valence-electron chi connectivity index (χ0n) is 13.3. The lowest BCUT2D eigenvalue weighted by Crippen LogP contribution is -2.27. The molecule has 1 fully saturated rings. The Balaban J connectivity index is 1.53. The van der Waals surface area contributed by atoms with Crippen molar-refractivity contribution in [3.05, 3.63) is 59.9 Å². The molecule has 1 aromatic heterocycles. The highest BCUT2D eigenvalue weighted by Gasteiger charge is 2.24. The maximum absolute atomic E-state index is 9.88. The lowest BCUT2D eigenvalue weighted by Gasteiger charge is -2.16. The molecule has 1 aliphatic carbocycles. The van der Waals surface area contributed by atoms with Gasteiger partial charge in [0, 0.05) is 24.8 Å². The van der Waals surface area contributed by atoms with Gasteiger partial charge in [0.25, 0.3) is 0 Å². The molecule has 0 radical (unpaired) electrons. The minimum Gasteiger partial charge on any atom is -0.487 e. The number of aliphatic hydroxyl groups is 1. The van der Waals surface area contributed by atoms with Crippen molar-refractivity contribution >= 4 is 0 Å². The fraction of sp³-hybridized carbons (Fsp3) is 0.421. The standard InChI is InChI=1S/C19H24N2O2/c22-18-9-5-7-15(18)12-20-13-16-6-1-2-10-19(16)23-14-17-8-3-4-11-21-17/h1-4,6,8,10-11,15,18,20,22H,5,7,9,12-14H2. The van der Waals surface area contributed by atoms with E-state index in [1.165, 1.54) is 0 Å². The minimum atomic E-state index is -0.141. The number of nitrogens with one attached hydrogen (secondary N) is 1. The average Bonchev–Trinajstić information content (AvgIpc) is 3.00. The summed E-state index contributed by atoms with van der Waals surface area (Å²) < 4.78 is 5.91. The molecule has 122 valence electrons. The highest BCUT2D eigenvalue weighted by Crippen LogP contribution is 2.25. The van der Waals surface area contributed by atoms with E-state index in [1.807, 2.05) is 36.4 Å². The van der Waals surface area contributed by atoms with Crippen LogP contribution in [-0.4, -0.2) is 22.7 Å². The normalized spacial score (nSPS) is 20.6. The molecule has 1 aliphatic rings. The molecule has 2 unspecified atom stereocenters. The molecule has 1 aromatic carbocycles. The molecule has 23 heavy (non-hydrogen) atoms. The van der Waals surface area contributed by atoms with Gasteiger partial charge in [0.05, 0.1) is 11.8 Å². The van der Waals surface area contributed by atoms with E-state index < -0.39 is 0 Å². The van der Waals surface area contributed by atoms with E-state index >= 15 is 0 Å². The van der Waals surface area contributed by atoms with Crippen LogP contribution in [0.1, 0.15) is 30.5 Å². The number of rotatable bonds is 7. The first-order chi connectivity index (χ1) is 11.3. The summed E-state index contributed by atoms with van der Waals surface area (Å²) in [6.07, 6.45) is 4.83. The fourth-order valence-corrected chi connectivity index (χ4v) is 3.07. The Labute approximate surface area is 137 Å². The lowest BCUT2D eigenvalue weighted by atomic mass is 10.1. The van der Waals surface area contributed by atoms with Crippen LogP contribution in [0.4, 0.5) is 0 Å². The first-order valence-corrected chi connectivity index (χ1v) is 8.32. The van der Waals surface area contributed by atoms with Gasteiger partial charge in [0.15, 0.2) is 0 Å². The van der Waals surface area contributed by atoms with Gasteiger partial charge in [0.1, 0.15) is 12.4 Å². The number of para-hydroxylation sites is 1. The second kappa shape index (κ2) is 8.09. The highest BCUT2D eigenvalue weighted by molar-refractivity contribution is 5.33. The summed E-state index contributed by atoms with van der Waals surface area (Å²) in [6, 6.07) is 13.9. The molecule has 0 aliphatic heterocycles. The number of benzene rings is 1. The SMILES string of the molecule is OC1CCCC1CNCc1ccccc1OCc1ccccn1. The zero-order valence-corrected chi connectivity index (χ0v) is 13.3. The van der Waals surface area contributed by atoms with E-state index in [4.69, 9.17) is 4.74 Å². The van der Waals surface area contributed by atoms with E-state index in [-0.39, 0.29) is 6.10 Å². The van der Waals surface area contributed by atoms with Crippen molar-refractivity contribution in [2.75, 3.05) is 6.54 Å². The zero-order chi connectivity index (χ0) is 15.9. The first-order valence-electron chi connectivity index (χ1n) is 8.32. The third-order valence-corrected chi connectivity index (χ3v) is 4.42. The molecular formula is C19H24N2O2. The van der Waals surface area contributed by atoms with Crippen molar-refractivity contribution in [2.45, 2.75) is 38.5 Å². The van der Waals surface area contributed by atoms with Gasteiger partial charge in [0.2, 0.25) is 0 Å². The van der Waals surface area contributed by atoms with Gasteiger partial charge in [-0.1, -0.05) is 30.7 Å². The quantitative estimate of drug-likeness (QED) is 0.825. The summed E-state index contributed by atoms with van der Waals surface area (Å²) in [5.74, 6) is 1.27. The second-order valence-corrected chi connectivity index (χ2v) is 6.11. The summed E-state index contributed by atoms with van der Waals surface area (Å²) in [6.45, 7) is 2.08. The maximum atomic E-state index is 9.88. The molecule has 0 bridgehead atoms. The molecule has 3 rings (SSSR count). The Hall–Kier alpha value is -1.91. The number of nitrogens with zero attached hydrogens (tertiary/aromatic N) is 1. The Morgan fingerprint density at radius 1 is 1.13 bits per heavy atom. The number of aliphatic hydroxyl groups excluding tert-OH is 1. The molecule has 2 atom stereocenters. The third kappa shape index (κ3) is 4.53. The lowest BCUT2D eigenvalue weighted by molar-refractivity contribution is 0.131. The predicted octanol–water partition coefficient (Wildman–Crippen LogP) is 2.91. The van der Waals surface area contributed by atoms with E-state index in [0.29, 0.717) is 12.5 Å². The Morgan fingerprint density at radius 3 is 2.78 bits per heavy atom. The summed E-state index contributed by atoms with van der Waals surface area (Å²) in [5, 5.41) is 13.3. The van der Waals surface area contributed by atoms with E-state index in [2.05, 4.69) is 16.4 Å². The average molecular weight is 312 g/mol. The van der Waals surface area contributed by atoms with Gasteiger partial charge >= 0.3 is 0 Å². The van der Waals surface area contributed by atoms with E-state index in [1.54, 1.807) is 6.20 Å². The van der Waals surface area contributed by atoms with Crippen LogP contribution in [0.5, 0.6) is 5.75 Å². The van der Waals surface area contributed by atoms with Crippen LogP contribution in [0.3, 0.4) is 0 Å². The number of hydrogen-bond acceptors (Lipinski definition) is 4. The van der Waals surface area contributed by atoms with Crippen molar-refractivity contribution in [1.82, 2.24) is 10.3 Å². The molecule has 0 spiro atoms. The maximum Gasteiger partial charge on any atom is 0.130 e. The Morgan fingerprint density at radius 2 is 2.00 bits per heavy atom. The number of aromatic nitrogens is 1. The molecule has 4 heteroatoms. The molecular weight excluding hydrogens is 288 g/mol. The molecule has 1 heterocycles. The molecule has 1 saturated carbocycles. The topological polar surface area (TPSA) is 54.4 Å². The van der Waals surface area contributed by atoms with Gasteiger partial charge in [-0.25, -0.2) is 0 Å². The molecule has 0 saturated heterocycles. The van der Waals surface area contributed by atoms with Crippen LogP contribution in [0, 0.1) is 5.92 Å². The second-order valence-electron chi connectivity index (χ2n) is 6.11. The van der Waals surface area contributed by atoms with Crippen LogP contribution >= 0.6 is 0 Å². The largest absolute Gasteiger partial charge is 0.487 e. The third-order valence-electron chi connectivity index (χ3n) is 4.42. The van der Waals surface area contributed by atoms with Crippen molar-refractivity contribution < 1.29 is 9.84 Å². The Kier molecular flexibility index (Phi) is 5.61. The van der Waals surface area contributed by atoms with Crippen LogP contribution in [0.15, 0.2) is 48.7 Å². The van der Waals surface area contributed by atoms with Gasteiger partial charge in [-0.3, -0.25) is 4.98 Å². The monoisotopic (exact) mass is 312 g/mol. The van der Waals surface area contributed by atoms with Gasteiger partial charge < -0.3 is 15.2 Å². The first kappa shape index (κ1) is 16.0. The Bertz CT molecular complexity index is 603. The summed E-state index contributed by atoms with van der Waals surface area (Å²) in [5.41, 5.74) is 2.06. The molecule has 2 aromatic rings. The summed E-state index contributed by atoms with van der Waals surface area (Å²) in [4.78, 5) is 4.28. The van der Waals surface area contributed by atoms with Crippen molar-refractivity contribution in [3.63, 3.8) is 0 Å². The van der Waals surface area contributed by atoms with E-state index in [9.17, 15) is 5.11 Å². The van der Waals surface area contributed by atoms with E-state index in [0.717, 1.165) is 49.4 Å². The van der Waals surface area contributed by atoms with Crippen LogP contribution in [0.25, 0.3) is 0 Å². The molecule has 4 nitrogen and oxygen atoms in total.